The molecule has 2 N–H and O–H groups in total. The van der Waals surface area contributed by atoms with E-state index in [0.29, 0.717) is 18.0 Å². The summed E-state index contributed by atoms with van der Waals surface area (Å²) in [5.74, 6) is 0.107. The number of para-hydroxylation sites is 3. The smallest absolute Gasteiger partial charge is 0.266 e. The van der Waals surface area contributed by atoms with E-state index in [4.69, 9.17) is 4.74 Å². The van der Waals surface area contributed by atoms with Crippen molar-refractivity contribution in [2.24, 2.45) is 0 Å². The zero-order chi connectivity index (χ0) is 19.2. The number of aromatic nitrogens is 1. The van der Waals surface area contributed by atoms with Crippen LogP contribution in [0.4, 0.5) is 5.69 Å². The van der Waals surface area contributed by atoms with E-state index < -0.39 is 5.91 Å². The lowest BCUT2D eigenvalue weighted by Gasteiger charge is -2.10. The Bertz CT molecular complexity index is 1040. The molecule has 0 aliphatic carbocycles. The van der Waals surface area contributed by atoms with Crippen LogP contribution in [-0.2, 0) is 11.2 Å². The number of anilines is 1. The Balaban J connectivity index is 1.92. The van der Waals surface area contributed by atoms with E-state index in [9.17, 15) is 10.1 Å². The number of rotatable bonds is 6. The minimum absolute atomic E-state index is 0.0316. The lowest BCUT2D eigenvalue weighted by atomic mass is 10.1. The highest BCUT2D eigenvalue weighted by atomic mass is 16.5. The van der Waals surface area contributed by atoms with Gasteiger partial charge in [0.1, 0.15) is 17.4 Å². The van der Waals surface area contributed by atoms with Crippen molar-refractivity contribution < 1.29 is 9.53 Å². The van der Waals surface area contributed by atoms with Gasteiger partial charge < -0.3 is 15.0 Å². The fourth-order valence-electron chi connectivity index (χ4n) is 3.00. The zero-order valence-electron chi connectivity index (χ0n) is 15.4. The Morgan fingerprint density at radius 1 is 1.22 bits per heavy atom. The fraction of sp³-hybridized carbons (Fsp3) is 0.182. The first-order valence-corrected chi connectivity index (χ1v) is 8.91. The van der Waals surface area contributed by atoms with E-state index in [1.807, 2.05) is 37.4 Å². The largest absolute Gasteiger partial charge is 0.492 e. The molecule has 1 aromatic heterocycles. The van der Waals surface area contributed by atoms with Crippen molar-refractivity contribution in [1.29, 1.82) is 5.26 Å². The molecule has 0 fully saturated rings. The molecule has 136 valence electrons. The van der Waals surface area contributed by atoms with Crippen LogP contribution in [0.1, 0.15) is 25.0 Å². The zero-order valence-corrected chi connectivity index (χ0v) is 15.4. The van der Waals surface area contributed by atoms with Crippen molar-refractivity contribution >= 4 is 28.6 Å². The third-order valence-electron chi connectivity index (χ3n) is 4.31. The number of fused-ring (bicyclic) bond motifs is 1. The molecule has 3 rings (SSSR count). The van der Waals surface area contributed by atoms with Gasteiger partial charge in [-0.15, -0.1) is 0 Å². The number of carbonyl (C=O) groups excluding carboxylic acids is 1. The lowest BCUT2D eigenvalue weighted by molar-refractivity contribution is -0.112. The number of H-pyrrole nitrogens is 1. The predicted octanol–water partition coefficient (Wildman–Crippen LogP) is 4.67. The van der Waals surface area contributed by atoms with Crippen molar-refractivity contribution in [3.63, 3.8) is 0 Å². The molecule has 0 saturated heterocycles. The monoisotopic (exact) mass is 359 g/mol. The number of benzene rings is 2. The number of carbonyl (C=O) groups is 1. The summed E-state index contributed by atoms with van der Waals surface area (Å²) < 4.78 is 5.52. The standard InChI is InChI=1S/C22H21N3O2/c1-3-15-8-7-9-18-17(14-24-21(15)18)12-16(13-23)22(26)25-19-10-5-6-11-20(19)27-4-2/h5-12,14,24H,3-4H2,1-2H3,(H,25,26)/b16-12+. The van der Waals surface area contributed by atoms with Crippen molar-refractivity contribution in [2.45, 2.75) is 20.3 Å². The van der Waals surface area contributed by atoms with Crippen molar-refractivity contribution in [3.8, 4) is 11.8 Å². The summed E-state index contributed by atoms with van der Waals surface area (Å²) in [5.41, 5.74) is 3.61. The number of aromatic amines is 1. The number of ether oxygens (including phenoxy) is 1. The van der Waals surface area contributed by atoms with Crippen LogP contribution in [0, 0.1) is 11.3 Å². The van der Waals surface area contributed by atoms with E-state index in [2.05, 4.69) is 23.3 Å². The Hall–Kier alpha value is -3.52. The first-order chi connectivity index (χ1) is 13.2. The average Bonchev–Trinajstić information content (AvgIpc) is 3.10. The van der Waals surface area contributed by atoms with Crippen LogP contribution in [0.25, 0.3) is 17.0 Å². The second-order valence-electron chi connectivity index (χ2n) is 5.99. The minimum atomic E-state index is -0.467. The fourth-order valence-corrected chi connectivity index (χ4v) is 3.00. The topological polar surface area (TPSA) is 77.9 Å². The summed E-state index contributed by atoms with van der Waals surface area (Å²) in [7, 11) is 0. The highest BCUT2D eigenvalue weighted by Gasteiger charge is 2.14. The van der Waals surface area contributed by atoms with Crippen LogP contribution in [0.5, 0.6) is 5.75 Å². The van der Waals surface area contributed by atoms with Crippen LogP contribution in [0.3, 0.4) is 0 Å². The summed E-state index contributed by atoms with van der Waals surface area (Å²) >= 11 is 0. The van der Waals surface area contributed by atoms with E-state index in [-0.39, 0.29) is 5.57 Å². The Labute approximate surface area is 158 Å². The molecule has 5 nitrogen and oxygen atoms in total. The number of nitriles is 1. The summed E-state index contributed by atoms with van der Waals surface area (Å²) in [6.07, 6.45) is 4.33. The number of nitrogens with one attached hydrogen (secondary N) is 2. The van der Waals surface area contributed by atoms with Crippen molar-refractivity contribution in [3.05, 3.63) is 65.4 Å². The molecule has 0 radical (unpaired) electrons. The third kappa shape index (κ3) is 3.85. The Morgan fingerprint density at radius 3 is 2.78 bits per heavy atom. The van der Waals surface area contributed by atoms with Gasteiger partial charge in [0, 0.05) is 22.7 Å². The van der Waals surface area contributed by atoms with E-state index in [1.165, 1.54) is 5.56 Å². The number of amides is 1. The quantitative estimate of drug-likeness (QED) is 0.496. The average molecular weight is 359 g/mol. The van der Waals surface area contributed by atoms with E-state index >= 15 is 0 Å². The maximum atomic E-state index is 12.6. The minimum Gasteiger partial charge on any atom is -0.492 e. The molecule has 2 aromatic carbocycles. The van der Waals surface area contributed by atoms with Gasteiger partial charge in [0.15, 0.2) is 0 Å². The normalized spacial score (nSPS) is 11.2. The van der Waals surface area contributed by atoms with E-state index in [1.54, 1.807) is 24.3 Å². The Morgan fingerprint density at radius 2 is 2.04 bits per heavy atom. The molecule has 3 aromatic rings. The van der Waals surface area contributed by atoms with Gasteiger partial charge >= 0.3 is 0 Å². The molecule has 27 heavy (non-hydrogen) atoms. The first-order valence-electron chi connectivity index (χ1n) is 8.91. The molecule has 0 unspecified atom stereocenters. The molecule has 0 aliphatic rings. The molecule has 5 heteroatoms. The second-order valence-corrected chi connectivity index (χ2v) is 5.99. The highest BCUT2D eigenvalue weighted by molar-refractivity contribution is 6.11. The highest BCUT2D eigenvalue weighted by Crippen LogP contribution is 2.26. The van der Waals surface area contributed by atoms with Gasteiger partial charge in [-0.05, 0) is 37.1 Å². The summed E-state index contributed by atoms with van der Waals surface area (Å²) in [4.78, 5) is 15.9. The van der Waals surface area contributed by atoms with Gasteiger partial charge in [0.25, 0.3) is 5.91 Å². The summed E-state index contributed by atoms with van der Waals surface area (Å²) in [6, 6.07) is 15.2. The molecule has 1 amide bonds. The molecular weight excluding hydrogens is 338 g/mol. The predicted molar refractivity (Wildman–Crippen MR) is 108 cm³/mol. The van der Waals surface area contributed by atoms with Gasteiger partial charge in [-0.2, -0.15) is 5.26 Å². The van der Waals surface area contributed by atoms with Gasteiger partial charge in [-0.1, -0.05) is 37.3 Å². The van der Waals surface area contributed by atoms with E-state index in [0.717, 1.165) is 22.9 Å². The van der Waals surface area contributed by atoms with Crippen molar-refractivity contribution in [2.75, 3.05) is 11.9 Å². The number of aryl methyl sites for hydroxylation is 1. The molecule has 0 atom stereocenters. The Kier molecular flexibility index (Phi) is 5.58. The summed E-state index contributed by atoms with van der Waals surface area (Å²) in [6.45, 7) is 4.46. The SMILES string of the molecule is CCOc1ccccc1NC(=O)/C(C#N)=C/c1c[nH]c2c(CC)cccc12. The van der Waals surface area contributed by atoms with Gasteiger partial charge in [-0.25, -0.2) is 0 Å². The van der Waals surface area contributed by atoms with Gasteiger partial charge in [0.05, 0.1) is 12.3 Å². The van der Waals surface area contributed by atoms with Gasteiger partial charge in [-0.3, -0.25) is 4.79 Å². The number of hydrogen-bond acceptors (Lipinski definition) is 3. The number of hydrogen-bond donors (Lipinski definition) is 2. The molecular formula is C22H21N3O2. The molecule has 0 aliphatic heterocycles. The first kappa shape index (κ1) is 18.3. The van der Waals surface area contributed by atoms with Crippen molar-refractivity contribution in [1.82, 2.24) is 4.98 Å². The maximum Gasteiger partial charge on any atom is 0.266 e. The summed E-state index contributed by atoms with van der Waals surface area (Å²) in [5, 5.41) is 13.3. The molecule has 0 bridgehead atoms. The van der Waals surface area contributed by atoms with Crippen LogP contribution >= 0.6 is 0 Å². The maximum absolute atomic E-state index is 12.6. The lowest BCUT2D eigenvalue weighted by Crippen LogP contribution is -2.14. The number of nitrogens with zero attached hydrogens (tertiary/aromatic N) is 1. The molecule has 0 saturated carbocycles. The van der Waals surface area contributed by atoms with Crippen LogP contribution in [0.2, 0.25) is 0 Å². The second kappa shape index (κ2) is 8.24. The van der Waals surface area contributed by atoms with Gasteiger partial charge in [0.2, 0.25) is 0 Å². The third-order valence-corrected chi connectivity index (χ3v) is 4.31. The molecule has 1 heterocycles. The molecule has 0 spiro atoms. The van der Waals surface area contributed by atoms with Crippen LogP contribution in [0.15, 0.2) is 54.2 Å². The van der Waals surface area contributed by atoms with Crippen LogP contribution < -0.4 is 10.1 Å². The van der Waals surface area contributed by atoms with Crippen LogP contribution in [-0.4, -0.2) is 17.5 Å².